The number of Topliss-reactive ketones (excluding diaryl/α,β-unsaturated/α-hetero) is 1. The molecule has 0 fully saturated rings. The van der Waals surface area contributed by atoms with E-state index in [0.717, 1.165) is 0 Å². The van der Waals surface area contributed by atoms with Gasteiger partial charge in [0, 0.05) is 5.56 Å². The first-order valence-corrected chi connectivity index (χ1v) is 5.54. The summed E-state index contributed by atoms with van der Waals surface area (Å²) < 4.78 is 0. The van der Waals surface area contributed by atoms with Gasteiger partial charge in [-0.1, -0.05) is 6.07 Å². The highest BCUT2D eigenvalue weighted by molar-refractivity contribution is 6.00. The van der Waals surface area contributed by atoms with Crippen LogP contribution >= 0.6 is 0 Å². The number of aromatic nitrogens is 2. The molecule has 2 aromatic rings. The number of benzene rings is 1. The molecule has 6 nitrogen and oxygen atoms in total. The summed E-state index contributed by atoms with van der Waals surface area (Å²) in [5.41, 5.74) is 1.90. The van der Waals surface area contributed by atoms with Crippen LogP contribution in [-0.4, -0.2) is 32.0 Å². The van der Waals surface area contributed by atoms with E-state index in [0.29, 0.717) is 16.0 Å². The normalized spacial score (nSPS) is 10.4. The van der Waals surface area contributed by atoms with Crippen LogP contribution in [0.25, 0.3) is 11.3 Å². The zero-order chi connectivity index (χ0) is 14.2. The minimum Gasteiger partial charge on any atom is -0.478 e. The van der Waals surface area contributed by atoms with Gasteiger partial charge in [0.15, 0.2) is 5.78 Å². The summed E-state index contributed by atoms with van der Waals surface area (Å²) in [5.74, 6) is -1.25. The van der Waals surface area contributed by atoms with E-state index >= 15 is 0 Å². The van der Waals surface area contributed by atoms with Crippen LogP contribution in [0.3, 0.4) is 0 Å². The largest absolute Gasteiger partial charge is 0.478 e. The van der Waals surface area contributed by atoms with E-state index in [1.54, 1.807) is 13.0 Å². The molecule has 0 saturated heterocycles. The zero-order valence-corrected chi connectivity index (χ0v) is 10.4. The van der Waals surface area contributed by atoms with Gasteiger partial charge in [-0.15, -0.1) is 9.94 Å². The van der Waals surface area contributed by atoms with Crippen molar-refractivity contribution in [2.24, 2.45) is 0 Å². The lowest BCUT2D eigenvalue weighted by molar-refractivity contribution is 0.0696. The number of carbonyl (C=O) groups is 2. The predicted molar refractivity (Wildman–Crippen MR) is 66.5 cm³/mol. The number of carbonyl (C=O) groups excluding carboxylic acids is 1. The number of rotatable bonds is 3. The summed E-state index contributed by atoms with van der Waals surface area (Å²) in [6.07, 6.45) is 1.28. The number of ketones is 1. The Morgan fingerprint density at radius 2 is 2.00 bits per heavy atom. The second kappa shape index (κ2) is 4.56. The Morgan fingerprint density at radius 1 is 1.32 bits per heavy atom. The third-order valence-electron chi connectivity index (χ3n) is 2.86. The molecule has 0 spiro atoms. The molecule has 98 valence electrons. The van der Waals surface area contributed by atoms with Crippen LogP contribution in [0.15, 0.2) is 24.4 Å². The molecule has 2 rings (SSSR count). The number of nitrogens with zero attached hydrogens (tertiary/aromatic N) is 2. The first-order valence-electron chi connectivity index (χ1n) is 5.54. The summed E-state index contributed by atoms with van der Waals surface area (Å²) in [5, 5.41) is 22.2. The maximum absolute atomic E-state index is 11.5. The van der Waals surface area contributed by atoms with Gasteiger partial charge in [0.1, 0.15) is 5.69 Å². The molecule has 6 heteroatoms. The number of hydrogen-bond acceptors (Lipinski definition) is 4. The molecule has 0 radical (unpaired) electrons. The summed E-state index contributed by atoms with van der Waals surface area (Å²) in [4.78, 5) is 23.0. The topological polar surface area (TPSA) is 92.4 Å². The van der Waals surface area contributed by atoms with Crippen molar-refractivity contribution >= 4 is 11.8 Å². The highest BCUT2D eigenvalue weighted by Gasteiger charge is 2.18. The number of carboxylic acid groups (broad SMARTS) is 1. The minimum absolute atomic E-state index is 0.148. The third-order valence-corrected chi connectivity index (χ3v) is 2.86. The molecule has 0 bridgehead atoms. The maximum Gasteiger partial charge on any atom is 0.335 e. The lowest BCUT2D eigenvalue weighted by Crippen LogP contribution is -2.03. The van der Waals surface area contributed by atoms with Crippen LogP contribution in [0.4, 0.5) is 0 Å². The molecule has 19 heavy (non-hydrogen) atoms. The Hall–Kier alpha value is -2.63. The molecular formula is C13H12N2O4. The molecule has 1 aromatic carbocycles. The van der Waals surface area contributed by atoms with Gasteiger partial charge in [0.25, 0.3) is 0 Å². The van der Waals surface area contributed by atoms with Crippen molar-refractivity contribution in [1.82, 2.24) is 9.94 Å². The van der Waals surface area contributed by atoms with Crippen LogP contribution in [0.5, 0.6) is 0 Å². The Balaban J connectivity index is 2.63. The lowest BCUT2D eigenvalue weighted by Gasteiger charge is -2.08. The van der Waals surface area contributed by atoms with Crippen molar-refractivity contribution in [3.8, 4) is 11.3 Å². The average Bonchev–Trinajstić information content (AvgIpc) is 2.71. The number of hydrogen-bond donors (Lipinski definition) is 2. The second-order valence-electron chi connectivity index (χ2n) is 4.19. The van der Waals surface area contributed by atoms with Crippen LogP contribution in [0.1, 0.15) is 33.2 Å². The van der Waals surface area contributed by atoms with Crippen molar-refractivity contribution < 1.29 is 19.9 Å². The number of aromatic carboxylic acids is 1. The van der Waals surface area contributed by atoms with Crippen molar-refractivity contribution in [2.75, 3.05) is 0 Å². The van der Waals surface area contributed by atoms with Crippen LogP contribution in [0.2, 0.25) is 0 Å². The standard InChI is InChI=1S/C13H12N2O4/c1-7-5-9(13(17)18)3-4-10(7)12-11(8(2)16)6-14-15(12)19/h3-6,19H,1-2H3,(H,17,18). The Bertz CT molecular complexity index is 673. The van der Waals surface area contributed by atoms with Crippen molar-refractivity contribution in [1.29, 1.82) is 0 Å². The van der Waals surface area contributed by atoms with Crippen LogP contribution in [0, 0.1) is 6.92 Å². The Labute approximate surface area is 108 Å². The Morgan fingerprint density at radius 3 is 2.53 bits per heavy atom. The molecule has 0 aliphatic carbocycles. The molecule has 0 aliphatic heterocycles. The van der Waals surface area contributed by atoms with E-state index in [-0.39, 0.29) is 22.6 Å². The van der Waals surface area contributed by atoms with Gasteiger partial charge in [-0.2, -0.15) is 0 Å². The lowest BCUT2D eigenvalue weighted by atomic mass is 9.99. The van der Waals surface area contributed by atoms with E-state index in [2.05, 4.69) is 5.10 Å². The molecular weight excluding hydrogens is 248 g/mol. The second-order valence-corrected chi connectivity index (χ2v) is 4.19. The number of aryl methyl sites for hydroxylation is 1. The van der Waals surface area contributed by atoms with Crippen molar-refractivity contribution in [3.05, 3.63) is 41.1 Å². The summed E-state index contributed by atoms with van der Waals surface area (Å²) >= 11 is 0. The Kier molecular flexibility index (Phi) is 3.08. The van der Waals surface area contributed by atoms with E-state index in [1.165, 1.54) is 25.3 Å². The van der Waals surface area contributed by atoms with Crippen molar-refractivity contribution in [2.45, 2.75) is 13.8 Å². The molecule has 1 aromatic heterocycles. The smallest absolute Gasteiger partial charge is 0.335 e. The van der Waals surface area contributed by atoms with Gasteiger partial charge < -0.3 is 10.3 Å². The van der Waals surface area contributed by atoms with Gasteiger partial charge in [-0.05, 0) is 31.5 Å². The fourth-order valence-corrected chi connectivity index (χ4v) is 1.91. The fourth-order valence-electron chi connectivity index (χ4n) is 1.91. The van der Waals surface area contributed by atoms with Crippen LogP contribution in [-0.2, 0) is 0 Å². The molecule has 0 amide bonds. The quantitative estimate of drug-likeness (QED) is 0.650. The summed E-state index contributed by atoms with van der Waals surface area (Å²) in [6.45, 7) is 3.08. The van der Waals surface area contributed by atoms with E-state index in [1.807, 2.05) is 0 Å². The van der Waals surface area contributed by atoms with Gasteiger partial charge >= 0.3 is 5.97 Å². The third kappa shape index (κ3) is 2.20. The van der Waals surface area contributed by atoms with Gasteiger partial charge in [-0.3, -0.25) is 4.79 Å². The van der Waals surface area contributed by atoms with E-state index in [4.69, 9.17) is 5.11 Å². The maximum atomic E-state index is 11.5. The number of carboxylic acids is 1. The highest BCUT2D eigenvalue weighted by Crippen LogP contribution is 2.27. The monoisotopic (exact) mass is 260 g/mol. The first-order chi connectivity index (χ1) is 8.91. The molecule has 1 heterocycles. The van der Waals surface area contributed by atoms with Gasteiger partial charge in [-0.25, -0.2) is 4.79 Å². The van der Waals surface area contributed by atoms with E-state index in [9.17, 15) is 14.8 Å². The van der Waals surface area contributed by atoms with Crippen LogP contribution < -0.4 is 0 Å². The van der Waals surface area contributed by atoms with Gasteiger partial charge in [0.2, 0.25) is 0 Å². The summed E-state index contributed by atoms with van der Waals surface area (Å²) in [6, 6.07) is 4.45. The minimum atomic E-state index is -1.03. The van der Waals surface area contributed by atoms with Gasteiger partial charge in [0.05, 0.1) is 17.3 Å². The zero-order valence-electron chi connectivity index (χ0n) is 10.4. The fraction of sp³-hybridized carbons (Fsp3) is 0.154. The molecule has 2 N–H and O–H groups in total. The molecule has 0 saturated carbocycles. The molecule has 0 atom stereocenters. The SMILES string of the molecule is CC(=O)c1cnn(O)c1-c1ccc(C(=O)O)cc1C. The average molecular weight is 260 g/mol. The first kappa shape index (κ1) is 12.8. The van der Waals surface area contributed by atoms with E-state index < -0.39 is 5.97 Å². The van der Waals surface area contributed by atoms with Crippen molar-refractivity contribution in [3.63, 3.8) is 0 Å². The molecule has 0 aliphatic rings. The highest BCUT2D eigenvalue weighted by atomic mass is 16.5. The predicted octanol–water partition coefficient (Wildman–Crippen LogP) is 2.00. The summed E-state index contributed by atoms with van der Waals surface area (Å²) in [7, 11) is 0. The molecule has 0 unspecified atom stereocenters.